The van der Waals surface area contributed by atoms with Crippen molar-refractivity contribution in [3.05, 3.63) is 28.5 Å². The topological polar surface area (TPSA) is 29.1 Å². The van der Waals surface area contributed by atoms with Gasteiger partial charge in [-0.3, -0.25) is 4.79 Å². The maximum atomic E-state index is 11.7. The van der Waals surface area contributed by atoms with E-state index in [0.29, 0.717) is 0 Å². The van der Waals surface area contributed by atoms with Gasteiger partial charge in [0.1, 0.15) is 0 Å². The molecule has 0 aliphatic carbocycles. The third-order valence-corrected chi connectivity index (χ3v) is 5.61. The standard InChI is InChI=1S/C23H39NOS/c1-2-3-4-5-6-7-8-9-10-11-12-13-14-15-20-24-23(25)19-18-22-17-16-21-26-22/h16-19,21H,2-15,20H2,1H3,(H,24,25)/b19-18+. The highest BCUT2D eigenvalue weighted by atomic mass is 32.1. The molecule has 1 aromatic heterocycles. The average Bonchev–Trinajstić information content (AvgIpc) is 3.17. The molecule has 1 amide bonds. The number of hydrogen-bond acceptors (Lipinski definition) is 2. The van der Waals surface area contributed by atoms with Crippen molar-refractivity contribution < 1.29 is 4.79 Å². The van der Waals surface area contributed by atoms with E-state index in [9.17, 15) is 4.79 Å². The van der Waals surface area contributed by atoms with Gasteiger partial charge >= 0.3 is 0 Å². The molecule has 0 aromatic carbocycles. The number of nitrogens with one attached hydrogen (secondary N) is 1. The summed E-state index contributed by atoms with van der Waals surface area (Å²) in [6.07, 6.45) is 22.6. The first-order valence-corrected chi connectivity index (χ1v) is 11.7. The number of amides is 1. The number of carbonyl (C=O) groups excluding carboxylic acids is 1. The van der Waals surface area contributed by atoms with Crippen molar-refractivity contribution in [2.24, 2.45) is 0 Å². The molecule has 0 radical (unpaired) electrons. The molecule has 0 atom stereocenters. The van der Waals surface area contributed by atoms with Crippen molar-refractivity contribution in [1.82, 2.24) is 5.32 Å². The molecular formula is C23H39NOS. The molecule has 0 saturated heterocycles. The molecule has 0 spiro atoms. The van der Waals surface area contributed by atoms with Gasteiger partial charge in [0.2, 0.25) is 5.91 Å². The third-order valence-electron chi connectivity index (χ3n) is 4.77. The van der Waals surface area contributed by atoms with E-state index in [-0.39, 0.29) is 5.91 Å². The molecule has 1 heterocycles. The zero-order valence-corrected chi connectivity index (χ0v) is 17.6. The minimum Gasteiger partial charge on any atom is -0.353 e. The SMILES string of the molecule is CCCCCCCCCCCCCCCCNC(=O)/C=C/c1cccs1. The molecule has 0 saturated carbocycles. The lowest BCUT2D eigenvalue weighted by molar-refractivity contribution is -0.116. The summed E-state index contributed by atoms with van der Waals surface area (Å²) in [5, 5.41) is 4.99. The van der Waals surface area contributed by atoms with Gasteiger partial charge in [-0.15, -0.1) is 11.3 Å². The summed E-state index contributed by atoms with van der Waals surface area (Å²) in [5.74, 6) is 0.0214. The predicted molar refractivity (Wildman–Crippen MR) is 117 cm³/mol. The first-order valence-electron chi connectivity index (χ1n) is 10.8. The Labute approximate surface area is 165 Å². The van der Waals surface area contributed by atoms with Crippen molar-refractivity contribution in [2.75, 3.05) is 6.54 Å². The second-order valence-electron chi connectivity index (χ2n) is 7.24. The number of hydrogen-bond donors (Lipinski definition) is 1. The van der Waals surface area contributed by atoms with E-state index in [4.69, 9.17) is 0 Å². The number of unbranched alkanes of at least 4 members (excludes halogenated alkanes) is 13. The molecule has 0 fully saturated rings. The van der Waals surface area contributed by atoms with Crippen molar-refractivity contribution in [1.29, 1.82) is 0 Å². The lowest BCUT2D eigenvalue weighted by atomic mass is 10.0. The Bertz CT molecular complexity index is 453. The lowest BCUT2D eigenvalue weighted by Crippen LogP contribution is -2.21. The van der Waals surface area contributed by atoms with Crippen molar-refractivity contribution in [2.45, 2.75) is 96.8 Å². The summed E-state index contributed by atoms with van der Waals surface area (Å²) < 4.78 is 0. The fourth-order valence-corrected chi connectivity index (χ4v) is 3.75. The van der Waals surface area contributed by atoms with Crippen LogP contribution in [-0.2, 0) is 4.79 Å². The molecule has 1 rings (SSSR count). The average molecular weight is 378 g/mol. The Morgan fingerprint density at radius 1 is 0.885 bits per heavy atom. The van der Waals surface area contributed by atoms with Gasteiger partial charge < -0.3 is 5.32 Å². The van der Waals surface area contributed by atoms with Crippen LogP contribution in [0.1, 0.15) is 102 Å². The molecule has 2 nitrogen and oxygen atoms in total. The highest BCUT2D eigenvalue weighted by Crippen LogP contribution is 2.13. The van der Waals surface area contributed by atoms with E-state index in [2.05, 4.69) is 12.2 Å². The molecule has 26 heavy (non-hydrogen) atoms. The molecule has 1 N–H and O–H groups in total. The van der Waals surface area contributed by atoms with E-state index in [1.54, 1.807) is 17.4 Å². The number of carbonyl (C=O) groups is 1. The van der Waals surface area contributed by atoms with Gasteiger partial charge in [0.25, 0.3) is 0 Å². The molecule has 148 valence electrons. The predicted octanol–water partition coefficient (Wildman–Crippen LogP) is 7.36. The minimum atomic E-state index is 0.0214. The summed E-state index contributed by atoms with van der Waals surface area (Å²) in [6.45, 7) is 3.08. The second kappa shape index (κ2) is 17.3. The highest BCUT2D eigenvalue weighted by Gasteiger charge is 1.96. The first kappa shape index (κ1) is 23.0. The third kappa shape index (κ3) is 14.1. The van der Waals surface area contributed by atoms with Crippen LogP contribution in [-0.4, -0.2) is 12.5 Å². The molecule has 3 heteroatoms. The molecule has 0 aliphatic heterocycles. The smallest absolute Gasteiger partial charge is 0.244 e. The van der Waals surface area contributed by atoms with Gasteiger partial charge in [-0.25, -0.2) is 0 Å². The highest BCUT2D eigenvalue weighted by molar-refractivity contribution is 7.10. The summed E-state index contributed by atoms with van der Waals surface area (Å²) in [7, 11) is 0. The van der Waals surface area contributed by atoms with E-state index >= 15 is 0 Å². The quantitative estimate of drug-likeness (QED) is 0.223. The van der Waals surface area contributed by atoms with Gasteiger partial charge in [0.05, 0.1) is 0 Å². The van der Waals surface area contributed by atoms with Crippen LogP contribution in [0.2, 0.25) is 0 Å². The van der Waals surface area contributed by atoms with Crippen LogP contribution in [0.3, 0.4) is 0 Å². The van der Waals surface area contributed by atoms with Gasteiger partial charge in [-0.1, -0.05) is 96.5 Å². The fraction of sp³-hybridized carbons (Fsp3) is 0.696. The Kier molecular flexibility index (Phi) is 15.3. The van der Waals surface area contributed by atoms with Crippen molar-refractivity contribution in [3.8, 4) is 0 Å². The van der Waals surface area contributed by atoms with Gasteiger partial charge in [0.15, 0.2) is 0 Å². The van der Waals surface area contributed by atoms with E-state index < -0.39 is 0 Å². The Morgan fingerprint density at radius 3 is 1.92 bits per heavy atom. The Balaban J connectivity index is 1.77. The summed E-state index contributed by atoms with van der Waals surface area (Å²) in [4.78, 5) is 12.8. The zero-order valence-electron chi connectivity index (χ0n) is 16.8. The van der Waals surface area contributed by atoms with Crippen LogP contribution in [0.15, 0.2) is 23.6 Å². The summed E-state index contributed by atoms with van der Waals surface area (Å²) in [6, 6.07) is 4.01. The van der Waals surface area contributed by atoms with Crippen LogP contribution in [0.4, 0.5) is 0 Å². The molecule has 0 aliphatic rings. The minimum absolute atomic E-state index is 0.0214. The maximum absolute atomic E-state index is 11.7. The fourth-order valence-electron chi connectivity index (χ4n) is 3.13. The second-order valence-corrected chi connectivity index (χ2v) is 8.22. The van der Waals surface area contributed by atoms with Crippen molar-refractivity contribution >= 4 is 23.3 Å². The number of thiophene rings is 1. The van der Waals surface area contributed by atoms with Crippen molar-refractivity contribution in [3.63, 3.8) is 0 Å². The van der Waals surface area contributed by atoms with Crippen LogP contribution < -0.4 is 5.32 Å². The van der Waals surface area contributed by atoms with Crippen LogP contribution in [0.25, 0.3) is 6.08 Å². The molecule has 1 aromatic rings. The maximum Gasteiger partial charge on any atom is 0.244 e. The first-order chi connectivity index (χ1) is 12.8. The molecular weight excluding hydrogens is 338 g/mol. The van der Waals surface area contributed by atoms with Gasteiger partial charge in [-0.2, -0.15) is 0 Å². The largest absolute Gasteiger partial charge is 0.353 e. The monoisotopic (exact) mass is 377 g/mol. The van der Waals surface area contributed by atoms with Crippen LogP contribution in [0.5, 0.6) is 0 Å². The Hall–Kier alpha value is -1.09. The van der Waals surface area contributed by atoms with Crippen LogP contribution >= 0.6 is 11.3 Å². The summed E-state index contributed by atoms with van der Waals surface area (Å²) >= 11 is 1.65. The lowest BCUT2D eigenvalue weighted by Gasteiger charge is -2.04. The Morgan fingerprint density at radius 2 is 1.42 bits per heavy atom. The molecule has 0 bridgehead atoms. The van der Waals surface area contributed by atoms with E-state index in [0.717, 1.165) is 17.8 Å². The van der Waals surface area contributed by atoms with Gasteiger partial charge in [0, 0.05) is 17.5 Å². The van der Waals surface area contributed by atoms with E-state index in [1.807, 2.05) is 23.6 Å². The van der Waals surface area contributed by atoms with Gasteiger partial charge in [-0.05, 0) is 23.9 Å². The summed E-state index contributed by atoms with van der Waals surface area (Å²) in [5.41, 5.74) is 0. The normalized spacial score (nSPS) is 11.3. The van der Waals surface area contributed by atoms with Crippen LogP contribution in [0, 0.1) is 0 Å². The zero-order chi connectivity index (χ0) is 18.7. The molecule has 0 unspecified atom stereocenters. The number of rotatable bonds is 17. The van der Waals surface area contributed by atoms with E-state index in [1.165, 1.54) is 83.5 Å².